The van der Waals surface area contributed by atoms with E-state index in [2.05, 4.69) is 0 Å². The van der Waals surface area contributed by atoms with E-state index in [1.807, 2.05) is 0 Å². The molecule has 0 bridgehead atoms. The number of nitrogen functional groups attached to an aromatic ring is 1. The average molecular weight is 225 g/mol. The minimum Gasteiger partial charge on any atom is -0.398 e. The van der Waals surface area contributed by atoms with Gasteiger partial charge in [0.25, 0.3) is 0 Å². The van der Waals surface area contributed by atoms with Crippen molar-refractivity contribution >= 4 is 17.8 Å². The van der Waals surface area contributed by atoms with Gasteiger partial charge in [-0.25, -0.2) is 0 Å². The molecule has 3 heteroatoms. The third-order valence-electron chi connectivity index (χ3n) is 2.54. The van der Waals surface area contributed by atoms with Crippen molar-refractivity contribution < 1.29 is 9.59 Å². The molecular weight excluding hydrogens is 214 g/mol. The maximum atomic E-state index is 12.2. The van der Waals surface area contributed by atoms with Crippen molar-refractivity contribution in [3.05, 3.63) is 65.2 Å². The second kappa shape index (κ2) is 4.61. The Morgan fingerprint density at radius 2 is 1.53 bits per heavy atom. The monoisotopic (exact) mass is 225 g/mol. The van der Waals surface area contributed by atoms with Gasteiger partial charge in [-0.3, -0.25) is 9.59 Å². The smallest absolute Gasteiger partial charge is 0.195 e. The molecule has 0 fully saturated rings. The van der Waals surface area contributed by atoms with Crippen molar-refractivity contribution in [2.45, 2.75) is 0 Å². The normalized spacial score (nSPS) is 9.88. The van der Waals surface area contributed by atoms with Crippen LogP contribution in [0.5, 0.6) is 0 Å². The first kappa shape index (κ1) is 11.1. The quantitative estimate of drug-likeness (QED) is 0.495. The molecule has 0 aliphatic carbocycles. The summed E-state index contributed by atoms with van der Waals surface area (Å²) in [5.41, 5.74) is 7.33. The molecule has 2 aromatic rings. The van der Waals surface area contributed by atoms with Gasteiger partial charge in [-0.1, -0.05) is 36.4 Å². The molecule has 17 heavy (non-hydrogen) atoms. The number of hydrogen-bond acceptors (Lipinski definition) is 3. The van der Waals surface area contributed by atoms with Crippen LogP contribution in [0.25, 0.3) is 0 Å². The van der Waals surface area contributed by atoms with Gasteiger partial charge in [0.15, 0.2) is 12.1 Å². The molecule has 0 aromatic heterocycles. The molecule has 84 valence electrons. The minimum absolute atomic E-state index is 0.231. The number of aldehydes is 1. The highest BCUT2D eigenvalue weighted by molar-refractivity contribution is 6.15. The summed E-state index contributed by atoms with van der Waals surface area (Å²) in [7, 11) is 0. The van der Waals surface area contributed by atoms with Crippen molar-refractivity contribution in [1.29, 1.82) is 0 Å². The van der Waals surface area contributed by atoms with Gasteiger partial charge in [0, 0.05) is 22.4 Å². The van der Waals surface area contributed by atoms with Crippen molar-refractivity contribution in [3.63, 3.8) is 0 Å². The lowest BCUT2D eigenvalue weighted by atomic mass is 9.98. The summed E-state index contributed by atoms with van der Waals surface area (Å²) in [5, 5.41) is 0. The van der Waals surface area contributed by atoms with Crippen LogP contribution in [-0.4, -0.2) is 12.1 Å². The predicted molar refractivity (Wildman–Crippen MR) is 66.1 cm³/mol. The first-order valence-corrected chi connectivity index (χ1v) is 5.17. The Balaban J connectivity index is 2.51. The number of benzene rings is 2. The lowest BCUT2D eigenvalue weighted by Gasteiger charge is -2.06. The lowest BCUT2D eigenvalue weighted by Crippen LogP contribution is -2.07. The molecule has 0 saturated heterocycles. The summed E-state index contributed by atoms with van der Waals surface area (Å²) >= 11 is 0. The zero-order chi connectivity index (χ0) is 12.3. The maximum absolute atomic E-state index is 12.2. The Hall–Kier alpha value is -2.42. The van der Waals surface area contributed by atoms with Gasteiger partial charge in [0.2, 0.25) is 0 Å². The molecule has 0 heterocycles. The van der Waals surface area contributed by atoms with E-state index in [0.29, 0.717) is 28.7 Å². The molecule has 0 unspecified atom stereocenters. The predicted octanol–water partition coefficient (Wildman–Crippen LogP) is 2.31. The molecule has 0 amide bonds. The Morgan fingerprint density at radius 3 is 2.18 bits per heavy atom. The highest BCUT2D eigenvalue weighted by Crippen LogP contribution is 2.18. The van der Waals surface area contributed by atoms with Crippen LogP contribution in [0.1, 0.15) is 26.3 Å². The van der Waals surface area contributed by atoms with Crippen molar-refractivity contribution in [3.8, 4) is 0 Å². The number of rotatable bonds is 3. The van der Waals surface area contributed by atoms with E-state index in [-0.39, 0.29) is 5.78 Å². The number of carbonyl (C=O) groups excluding carboxylic acids is 2. The van der Waals surface area contributed by atoms with E-state index in [1.165, 1.54) is 0 Å². The summed E-state index contributed by atoms with van der Waals surface area (Å²) in [4.78, 5) is 23.1. The molecule has 2 N–H and O–H groups in total. The fraction of sp³-hybridized carbons (Fsp3) is 0. The van der Waals surface area contributed by atoms with E-state index in [4.69, 9.17) is 5.73 Å². The zero-order valence-electron chi connectivity index (χ0n) is 9.09. The number of para-hydroxylation sites is 1. The maximum Gasteiger partial charge on any atom is 0.195 e. The first-order chi connectivity index (χ1) is 8.24. The first-order valence-electron chi connectivity index (χ1n) is 5.17. The molecule has 0 aliphatic rings. The van der Waals surface area contributed by atoms with Crippen molar-refractivity contribution in [1.82, 2.24) is 0 Å². The molecule has 0 saturated carbocycles. The van der Waals surface area contributed by atoms with Crippen LogP contribution >= 0.6 is 0 Å². The third-order valence-corrected chi connectivity index (χ3v) is 2.54. The molecule has 0 atom stereocenters. The standard InChI is InChI=1S/C14H11NO2/c15-13-8-4-3-7-12(13)14(17)11-6-2-1-5-10(11)9-16/h1-9H,15H2. The van der Waals surface area contributed by atoms with Crippen LogP contribution < -0.4 is 5.73 Å². The summed E-state index contributed by atoms with van der Waals surface area (Å²) in [6, 6.07) is 13.5. The van der Waals surface area contributed by atoms with Gasteiger partial charge in [0.05, 0.1) is 0 Å². The van der Waals surface area contributed by atoms with Crippen molar-refractivity contribution in [2.75, 3.05) is 5.73 Å². The van der Waals surface area contributed by atoms with Gasteiger partial charge in [-0.15, -0.1) is 0 Å². The Morgan fingerprint density at radius 1 is 0.941 bits per heavy atom. The third kappa shape index (κ3) is 2.08. The van der Waals surface area contributed by atoms with Gasteiger partial charge in [-0.05, 0) is 12.1 Å². The van der Waals surface area contributed by atoms with Gasteiger partial charge < -0.3 is 5.73 Å². The summed E-state index contributed by atoms with van der Waals surface area (Å²) < 4.78 is 0. The van der Waals surface area contributed by atoms with E-state index >= 15 is 0 Å². The SMILES string of the molecule is Nc1ccccc1C(=O)c1ccccc1C=O. The summed E-state index contributed by atoms with van der Waals surface area (Å²) in [5.74, 6) is -0.231. The second-order valence-corrected chi connectivity index (χ2v) is 3.62. The number of anilines is 1. The molecule has 0 radical (unpaired) electrons. The van der Waals surface area contributed by atoms with E-state index < -0.39 is 0 Å². The highest BCUT2D eigenvalue weighted by atomic mass is 16.1. The van der Waals surface area contributed by atoms with Crippen LogP contribution in [0.4, 0.5) is 5.69 Å². The van der Waals surface area contributed by atoms with E-state index in [0.717, 1.165) is 0 Å². The van der Waals surface area contributed by atoms with Crippen LogP contribution in [0, 0.1) is 0 Å². The molecule has 2 rings (SSSR count). The van der Waals surface area contributed by atoms with Crippen LogP contribution in [-0.2, 0) is 0 Å². The van der Waals surface area contributed by atoms with Crippen LogP contribution in [0.15, 0.2) is 48.5 Å². The number of carbonyl (C=O) groups is 2. The molecule has 0 aliphatic heterocycles. The summed E-state index contributed by atoms with van der Waals surface area (Å²) in [6.45, 7) is 0. The second-order valence-electron chi connectivity index (χ2n) is 3.62. The van der Waals surface area contributed by atoms with E-state index in [1.54, 1.807) is 48.5 Å². The average Bonchev–Trinajstić information content (AvgIpc) is 2.38. The van der Waals surface area contributed by atoms with E-state index in [9.17, 15) is 9.59 Å². The van der Waals surface area contributed by atoms with Gasteiger partial charge >= 0.3 is 0 Å². The molecule has 0 spiro atoms. The Bertz CT molecular complexity index is 576. The topological polar surface area (TPSA) is 60.2 Å². The molecule has 2 aromatic carbocycles. The number of nitrogens with two attached hydrogens (primary N) is 1. The van der Waals surface area contributed by atoms with Crippen LogP contribution in [0.3, 0.4) is 0 Å². The Labute approximate surface area is 98.9 Å². The largest absolute Gasteiger partial charge is 0.398 e. The fourth-order valence-electron chi connectivity index (χ4n) is 1.66. The highest BCUT2D eigenvalue weighted by Gasteiger charge is 2.14. The van der Waals surface area contributed by atoms with Gasteiger partial charge in [0.1, 0.15) is 0 Å². The lowest BCUT2D eigenvalue weighted by molar-refractivity contribution is 0.103. The molecule has 3 nitrogen and oxygen atoms in total. The fourth-order valence-corrected chi connectivity index (χ4v) is 1.66. The van der Waals surface area contributed by atoms with Crippen LogP contribution in [0.2, 0.25) is 0 Å². The molecular formula is C14H11NO2. The zero-order valence-corrected chi connectivity index (χ0v) is 9.09. The van der Waals surface area contributed by atoms with Crippen molar-refractivity contribution in [2.24, 2.45) is 0 Å². The summed E-state index contributed by atoms with van der Waals surface area (Å²) in [6.07, 6.45) is 0.673. The van der Waals surface area contributed by atoms with Gasteiger partial charge in [-0.2, -0.15) is 0 Å². The number of ketones is 1. The number of hydrogen-bond donors (Lipinski definition) is 1. The Kier molecular flexibility index (Phi) is 3.01. The minimum atomic E-state index is -0.231.